The fraction of sp³-hybridized carbons (Fsp3) is 0.182. The Hall–Kier alpha value is -3.72. The Labute approximate surface area is 182 Å². The van der Waals surface area contributed by atoms with Gasteiger partial charge in [-0.1, -0.05) is 29.4 Å². The Bertz CT molecular complexity index is 1220. The first kappa shape index (κ1) is 20.5. The number of aryl methyl sites for hydroxylation is 1. The third kappa shape index (κ3) is 5.07. The van der Waals surface area contributed by atoms with Crippen LogP contribution < -0.4 is 15.6 Å². The molecule has 8 nitrogen and oxygen atoms in total. The first-order chi connectivity index (χ1) is 15.1. The lowest BCUT2D eigenvalue weighted by atomic mass is 10.1. The van der Waals surface area contributed by atoms with Gasteiger partial charge in [-0.25, -0.2) is 4.68 Å². The van der Waals surface area contributed by atoms with Crippen molar-refractivity contribution in [2.24, 2.45) is 0 Å². The number of benzene rings is 1. The first-order valence-electron chi connectivity index (χ1n) is 9.64. The second-order valence-electron chi connectivity index (χ2n) is 6.72. The SMILES string of the molecule is Cc1cc(-c2cc(=O)n(CC(=O)NCCOc3ccccc3)nc2-c2cccs2)on1. The van der Waals surface area contributed by atoms with Crippen molar-refractivity contribution in [1.29, 1.82) is 0 Å². The molecule has 3 heterocycles. The number of nitrogens with zero attached hydrogens (tertiary/aromatic N) is 3. The normalized spacial score (nSPS) is 10.7. The van der Waals surface area contributed by atoms with Gasteiger partial charge in [0.1, 0.15) is 24.6 Å². The topological polar surface area (TPSA) is 99.2 Å². The van der Waals surface area contributed by atoms with Gasteiger partial charge in [0.2, 0.25) is 5.91 Å². The van der Waals surface area contributed by atoms with E-state index < -0.39 is 5.56 Å². The monoisotopic (exact) mass is 436 g/mol. The minimum Gasteiger partial charge on any atom is -0.492 e. The second-order valence-corrected chi connectivity index (χ2v) is 7.67. The van der Waals surface area contributed by atoms with Crippen molar-refractivity contribution in [3.63, 3.8) is 0 Å². The molecular weight excluding hydrogens is 416 g/mol. The minimum absolute atomic E-state index is 0.196. The molecule has 31 heavy (non-hydrogen) atoms. The van der Waals surface area contributed by atoms with Crippen LogP contribution in [0.25, 0.3) is 21.9 Å². The van der Waals surface area contributed by atoms with Crippen LogP contribution in [0.5, 0.6) is 5.75 Å². The van der Waals surface area contributed by atoms with E-state index in [1.807, 2.05) is 47.8 Å². The number of amides is 1. The van der Waals surface area contributed by atoms with E-state index in [9.17, 15) is 9.59 Å². The predicted octanol–water partition coefficient (Wildman–Crippen LogP) is 3.13. The molecule has 0 unspecified atom stereocenters. The molecule has 0 atom stereocenters. The number of ether oxygens (including phenoxy) is 1. The fourth-order valence-corrected chi connectivity index (χ4v) is 3.67. The highest BCUT2D eigenvalue weighted by atomic mass is 32.1. The Morgan fingerprint density at radius 3 is 2.74 bits per heavy atom. The Balaban J connectivity index is 1.47. The summed E-state index contributed by atoms with van der Waals surface area (Å²) >= 11 is 1.48. The van der Waals surface area contributed by atoms with Gasteiger partial charge in [-0.15, -0.1) is 11.3 Å². The maximum absolute atomic E-state index is 12.6. The molecule has 0 saturated heterocycles. The van der Waals surface area contributed by atoms with E-state index >= 15 is 0 Å². The molecule has 0 aliphatic carbocycles. The van der Waals surface area contributed by atoms with Crippen LogP contribution in [0, 0.1) is 6.92 Å². The summed E-state index contributed by atoms with van der Waals surface area (Å²) in [5.41, 5.74) is 1.40. The molecule has 9 heteroatoms. The van der Waals surface area contributed by atoms with E-state index in [1.54, 1.807) is 13.0 Å². The summed E-state index contributed by atoms with van der Waals surface area (Å²) in [5, 5.41) is 13.0. The van der Waals surface area contributed by atoms with E-state index in [1.165, 1.54) is 17.4 Å². The van der Waals surface area contributed by atoms with Crippen molar-refractivity contribution in [1.82, 2.24) is 20.3 Å². The number of hydrogen-bond acceptors (Lipinski definition) is 7. The first-order valence-corrected chi connectivity index (χ1v) is 10.5. The van der Waals surface area contributed by atoms with E-state index in [2.05, 4.69) is 15.6 Å². The number of thiophene rings is 1. The Kier molecular flexibility index (Phi) is 6.23. The molecule has 1 amide bonds. The zero-order chi connectivity index (χ0) is 21.6. The minimum atomic E-state index is -0.403. The van der Waals surface area contributed by atoms with Gasteiger partial charge in [0.25, 0.3) is 5.56 Å². The molecule has 0 spiro atoms. The molecule has 0 bridgehead atoms. The van der Waals surface area contributed by atoms with Crippen LogP contribution in [0.4, 0.5) is 0 Å². The third-order valence-corrected chi connectivity index (χ3v) is 5.25. The number of carbonyl (C=O) groups excluding carboxylic acids is 1. The van der Waals surface area contributed by atoms with Gasteiger partial charge in [0.15, 0.2) is 5.76 Å². The summed E-state index contributed by atoms with van der Waals surface area (Å²) < 4.78 is 12.0. The summed E-state index contributed by atoms with van der Waals surface area (Å²) in [6.45, 7) is 2.24. The van der Waals surface area contributed by atoms with Gasteiger partial charge in [-0.3, -0.25) is 9.59 Å². The van der Waals surface area contributed by atoms with Crippen LogP contribution in [-0.4, -0.2) is 34.0 Å². The van der Waals surface area contributed by atoms with Crippen molar-refractivity contribution in [2.45, 2.75) is 13.5 Å². The highest BCUT2D eigenvalue weighted by molar-refractivity contribution is 7.13. The smallest absolute Gasteiger partial charge is 0.268 e. The van der Waals surface area contributed by atoms with Crippen molar-refractivity contribution in [3.8, 4) is 27.6 Å². The molecule has 1 aromatic carbocycles. The van der Waals surface area contributed by atoms with Crippen molar-refractivity contribution in [3.05, 3.63) is 76.0 Å². The number of nitrogens with one attached hydrogen (secondary N) is 1. The number of hydrogen-bond donors (Lipinski definition) is 1. The van der Waals surface area contributed by atoms with Gasteiger partial charge < -0.3 is 14.6 Å². The molecule has 1 N–H and O–H groups in total. The highest BCUT2D eigenvalue weighted by Crippen LogP contribution is 2.32. The van der Waals surface area contributed by atoms with Gasteiger partial charge in [0.05, 0.1) is 22.7 Å². The predicted molar refractivity (Wildman–Crippen MR) is 117 cm³/mol. The van der Waals surface area contributed by atoms with E-state index in [-0.39, 0.29) is 12.5 Å². The molecular formula is C22H20N4O4S. The van der Waals surface area contributed by atoms with Gasteiger partial charge in [0, 0.05) is 12.1 Å². The number of rotatable bonds is 8. The standard InChI is InChI=1S/C22H20N4O4S/c1-15-12-18(30-25-15)17-13-21(28)26(24-22(17)19-8-5-11-31-19)14-20(27)23-9-10-29-16-6-3-2-4-7-16/h2-8,11-13H,9-10,14H2,1H3,(H,23,27). The van der Waals surface area contributed by atoms with E-state index in [0.717, 1.165) is 15.3 Å². The second kappa shape index (κ2) is 9.40. The Morgan fingerprint density at radius 1 is 1.19 bits per heavy atom. The molecule has 3 aromatic heterocycles. The van der Waals surface area contributed by atoms with E-state index in [4.69, 9.17) is 9.26 Å². The van der Waals surface area contributed by atoms with Gasteiger partial charge >= 0.3 is 0 Å². The van der Waals surface area contributed by atoms with Crippen LogP contribution in [-0.2, 0) is 11.3 Å². The van der Waals surface area contributed by atoms with Crippen molar-refractivity contribution in [2.75, 3.05) is 13.2 Å². The summed E-state index contributed by atoms with van der Waals surface area (Å²) in [5.74, 6) is 0.861. The zero-order valence-electron chi connectivity index (χ0n) is 16.8. The molecule has 158 valence electrons. The molecule has 0 aliphatic heterocycles. The van der Waals surface area contributed by atoms with Crippen LogP contribution in [0.2, 0.25) is 0 Å². The van der Waals surface area contributed by atoms with Crippen LogP contribution in [0.3, 0.4) is 0 Å². The summed E-state index contributed by atoms with van der Waals surface area (Å²) in [4.78, 5) is 25.8. The summed E-state index contributed by atoms with van der Waals surface area (Å²) in [6, 6.07) is 16.3. The lowest BCUT2D eigenvalue weighted by molar-refractivity contribution is -0.122. The lowest BCUT2D eigenvalue weighted by Crippen LogP contribution is -2.35. The quantitative estimate of drug-likeness (QED) is 0.426. The maximum Gasteiger partial charge on any atom is 0.268 e. The largest absolute Gasteiger partial charge is 0.492 e. The van der Waals surface area contributed by atoms with Crippen molar-refractivity contribution < 1.29 is 14.1 Å². The van der Waals surface area contributed by atoms with Gasteiger partial charge in [-0.2, -0.15) is 5.10 Å². The fourth-order valence-electron chi connectivity index (χ4n) is 2.95. The summed E-state index contributed by atoms with van der Waals surface area (Å²) in [6.07, 6.45) is 0. The molecule has 0 radical (unpaired) electrons. The lowest BCUT2D eigenvalue weighted by Gasteiger charge is -2.10. The molecule has 4 rings (SSSR count). The van der Waals surface area contributed by atoms with Crippen molar-refractivity contribution >= 4 is 17.2 Å². The highest BCUT2D eigenvalue weighted by Gasteiger charge is 2.18. The maximum atomic E-state index is 12.6. The van der Waals surface area contributed by atoms with Crippen LogP contribution in [0.1, 0.15) is 5.69 Å². The average molecular weight is 436 g/mol. The Morgan fingerprint density at radius 2 is 2.03 bits per heavy atom. The van der Waals surface area contributed by atoms with Crippen LogP contribution >= 0.6 is 11.3 Å². The van der Waals surface area contributed by atoms with E-state index in [0.29, 0.717) is 35.9 Å². The molecule has 0 fully saturated rings. The molecule has 0 saturated carbocycles. The van der Waals surface area contributed by atoms with Crippen LogP contribution in [0.15, 0.2) is 69.3 Å². The average Bonchev–Trinajstić information content (AvgIpc) is 3.45. The number of carbonyl (C=O) groups is 1. The number of para-hydroxylation sites is 1. The number of aromatic nitrogens is 3. The summed E-state index contributed by atoms with van der Waals surface area (Å²) in [7, 11) is 0. The zero-order valence-corrected chi connectivity index (χ0v) is 17.6. The molecule has 4 aromatic rings. The molecule has 0 aliphatic rings. The van der Waals surface area contributed by atoms with Gasteiger partial charge in [-0.05, 0) is 30.5 Å². The third-order valence-electron chi connectivity index (χ3n) is 4.38.